The number of amides is 2. The van der Waals surface area contributed by atoms with Crippen LogP contribution in [-0.4, -0.2) is 18.9 Å². The summed E-state index contributed by atoms with van der Waals surface area (Å²) in [6, 6.07) is 26.1. The SMILES string of the molecule is COc1ccc([C@H]2[C@H](C(=O)N[C@H](C)c3ccccc3)C(=O)N2c2ccccc2)cc1. The van der Waals surface area contributed by atoms with E-state index in [1.165, 1.54) is 0 Å². The molecule has 5 nitrogen and oxygen atoms in total. The van der Waals surface area contributed by atoms with Gasteiger partial charge >= 0.3 is 0 Å². The quantitative estimate of drug-likeness (QED) is 0.496. The minimum atomic E-state index is -0.773. The standard InChI is InChI=1S/C25H24N2O3/c1-17(18-9-5-3-6-10-18)26-24(28)22-23(19-13-15-21(30-2)16-14-19)27(25(22)29)20-11-7-4-8-12-20/h3-17,22-23H,1-2H3,(H,26,28)/t17-,22-,23+/m1/s1. The van der Waals surface area contributed by atoms with Crippen molar-refractivity contribution < 1.29 is 14.3 Å². The molecule has 1 saturated heterocycles. The van der Waals surface area contributed by atoms with E-state index in [4.69, 9.17) is 4.74 Å². The zero-order chi connectivity index (χ0) is 21.1. The topological polar surface area (TPSA) is 58.6 Å². The molecular formula is C25H24N2O3. The highest BCUT2D eigenvalue weighted by atomic mass is 16.5. The van der Waals surface area contributed by atoms with Crippen molar-refractivity contribution in [3.05, 3.63) is 96.1 Å². The Labute approximate surface area is 176 Å². The highest BCUT2D eigenvalue weighted by molar-refractivity contribution is 6.15. The summed E-state index contributed by atoms with van der Waals surface area (Å²) >= 11 is 0. The van der Waals surface area contributed by atoms with Crippen LogP contribution in [0.3, 0.4) is 0 Å². The van der Waals surface area contributed by atoms with Crippen LogP contribution in [0.15, 0.2) is 84.9 Å². The number of nitrogens with one attached hydrogen (secondary N) is 1. The molecule has 30 heavy (non-hydrogen) atoms. The summed E-state index contributed by atoms with van der Waals surface area (Å²) in [5.74, 6) is -0.497. The Morgan fingerprint density at radius 3 is 2.13 bits per heavy atom. The van der Waals surface area contributed by atoms with Crippen molar-refractivity contribution in [2.45, 2.75) is 19.0 Å². The second-order valence-corrected chi connectivity index (χ2v) is 7.38. The average Bonchev–Trinajstić information content (AvgIpc) is 2.79. The number of rotatable bonds is 6. The molecule has 1 fully saturated rings. The number of hydrogen-bond donors (Lipinski definition) is 1. The smallest absolute Gasteiger partial charge is 0.242 e. The Bertz CT molecular complexity index is 1020. The third kappa shape index (κ3) is 3.66. The van der Waals surface area contributed by atoms with Gasteiger partial charge in [0.05, 0.1) is 19.2 Å². The van der Waals surface area contributed by atoms with Gasteiger partial charge in [0.15, 0.2) is 0 Å². The van der Waals surface area contributed by atoms with Crippen LogP contribution >= 0.6 is 0 Å². The lowest BCUT2D eigenvalue weighted by atomic mass is 9.80. The van der Waals surface area contributed by atoms with Crippen molar-refractivity contribution in [2.75, 3.05) is 12.0 Å². The molecule has 0 aromatic heterocycles. The van der Waals surface area contributed by atoms with Crippen molar-refractivity contribution in [2.24, 2.45) is 5.92 Å². The lowest BCUT2D eigenvalue weighted by Crippen LogP contribution is -2.60. The second-order valence-electron chi connectivity index (χ2n) is 7.38. The predicted octanol–water partition coefficient (Wildman–Crippen LogP) is 4.28. The maximum absolute atomic E-state index is 13.1. The third-order valence-electron chi connectivity index (χ3n) is 5.53. The van der Waals surface area contributed by atoms with E-state index in [1.807, 2.05) is 91.9 Å². The number of methoxy groups -OCH3 is 1. The summed E-state index contributed by atoms with van der Waals surface area (Å²) < 4.78 is 5.25. The molecule has 1 aliphatic heterocycles. The molecule has 3 aromatic carbocycles. The van der Waals surface area contributed by atoms with Crippen molar-refractivity contribution in [1.29, 1.82) is 0 Å². The number of carbonyl (C=O) groups excluding carboxylic acids is 2. The molecule has 3 aromatic rings. The maximum atomic E-state index is 13.1. The summed E-state index contributed by atoms with van der Waals surface area (Å²) in [5, 5.41) is 3.01. The molecule has 0 radical (unpaired) electrons. The van der Waals surface area contributed by atoms with Crippen molar-refractivity contribution in [1.82, 2.24) is 5.32 Å². The van der Waals surface area contributed by atoms with E-state index in [0.29, 0.717) is 0 Å². The fourth-order valence-electron chi connectivity index (χ4n) is 3.89. The van der Waals surface area contributed by atoms with Crippen LogP contribution in [0.25, 0.3) is 0 Å². The van der Waals surface area contributed by atoms with Gasteiger partial charge < -0.3 is 15.0 Å². The average molecular weight is 400 g/mol. The van der Waals surface area contributed by atoms with Gasteiger partial charge in [0.1, 0.15) is 11.7 Å². The lowest BCUT2D eigenvalue weighted by Gasteiger charge is -2.46. The Morgan fingerprint density at radius 1 is 0.933 bits per heavy atom. The summed E-state index contributed by atoms with van der Waals surface area (Å²) in [4.78, 5) is 27.9. The number of benzene rings is 3. The second kappa shape index (κ2) is 8.41. The Kier molecular flexibility index (Phi) is 5.53. The summed E-state index contributed by atoms with van der Waals surface area (Å²) in [5.41, 5.74) is 2.67. The number of hydrogen-bond acceptors (Lipinski definition) is 3. The number of ether oxygens (including phenoxy) is 1. The minimum Gasteiger partial charge on any atom is -0.497 e. The summed E-state index contributed by atoms with van der Waals surface area (Å²) in [7, 11) is 1.61. The highest BCUT2D eigenvalue weighted by Gasteiger charge is 2.53. The van der Waals surface area contributed by atoms with E-state index < -0.39 is 5.92 Å². The molecule has 0 bridgehead atoms. The van der Waals surface area contributed by atoms with E-state index in [1.54, 1.807) is 12.0 Å². The van der Waals surface area contributed by atoms with Gasteiger partial charge in [-0.2, -0.15) is 0 Å². The lowest BCUT2D eigenvalue weighted by molar-refractivity contribution is -0.141. The predicted molar refractivity (Wildman–Crippen MR) is 116 cm³/mol. The van der Waals surface area contributed by atoms with Crippen LogP contribution in [0, 0.1) is 5.92 Å². The molecule has 4 rings (SSSR count). The van der Waals surface area contributed by atoms with Gasteiger partial charge in [-0.1, -0.05) is 60.7 Å². The molecule has 1 aliphatic rings. The summed E-state index contributed by atoms with van der Waals surface area (Å²) in [6.07, 6.45) is 0. The number of nitrogens with zero attached hydrogens (tertiary/aromatic N) is 1. The summed E-state index contributed by atoms with van der Waals surface area (Å²) in [6.45, 7) is 1.92. The Morgan fingerprint density at radius 2 is 1.53 bits per heavy atom. The van der Waals surface area contributed by atoms with Gasteiger partial charge in [0.25, 0.3) is 0 Å². The zero-order valence-corrected chi connectivity index (χ0v) is 17.0. The molecule has 3 atom stereocenters. The molecule has 2 amide bonds. The normalized spacial score (nSPS) is 19.0. The number of para-hydroxylation sites is 1. The van der Waals surface area contributed by atoms with E-state index in [0.717, 1.165) is 22.6 Å². The van der Waals surface area contributed by atoms with Gasteiger partial charge in [-0.05, 0) is 42.3 Å². The fourth-order valence-corrected chi connectivity index (χ4v) is 3.89. The Balaban J connectivity index is 1.61. The van der Waals surface area contributed by atoms with Crippen LogP contribution in [0.4, 0.5) is 5.69 Å². The molecule has 1 N–H and O–H groups in total. The number of carbonyl (C=O) groups is 2. The number of anilines is 1. The van der Waals surface area contributed by atoms with Crippen LogP contribution < -0.4 is 15.0 Å². The van der Waals surface area contributed by atoms with Gasteiger partial charge in [-0.15, -0.1) is 0 Å². The molecule has 0 aliphatic carbocycles. The van der Waals surface area contributed by atoms with Gasteiger partial charge in [-0.3, -0.25) is 9.59 Å². The van der Waals surface area contributed by atoms with E-state index >= 15 is 0 Å². The van der Waals surface area contributed by atoms with Crippen molar-refractivity contribution in [3.8, 4) is 5.75 Å². The van der Waals surface area contributed by atoms with Gasteiger partial charge in [0.2, 0.25) is 11.8 Å². The first kappa shape index (κ1) is 19.7. The molecule has 0 spiro atoms. The molecule has 1 heterocycles. The van der Waals surface area contributed by atoms with E-state index in [9.17, 15) is 9.59 Å². The first-order valence-corrected chi connectivity index (χ1v) is 9.97. The Hall–Kier alpha value is -3.60. The zero-order valence-electron chi connectivity index (χ0n) is 17.0. The molecule has 0 unspecified atom stereocenters. The molecule has 152 valence electrons. The minimum absolute atomic E-state index is 0.186. The van der Waals surface area contributed by atoms with Crippen LogP contribution in [0.5, 0.6) is 5.75 Å². The first-order chi connectivity index (χ1) is 14.6. The van der Waals surface area contributed by atoms with Gasteiger partial charge in [-0.25, -0.2) is 0 Å². The van der Waals surface area contributed by atoms with E-state index in [2.05, 4.69) is 5.32 Å². The van der Waals surface area contributed by atoms with Gasteiger partial charge in [0, 0.05) is 5.69 Å². The maximum Gasteiger partial charge on any atom is 0.242 e. The van der Waals surface area contributed by atoms with Crippen molar-refractivity contribution >= 4 is 17.5 Å². The molecule has 0 saturated carbocycles. The highest BCUT2D eigenvalue weighted by Crippen LogP contribution is 2.44. The van der Waals surface area contributed by atoms with Crippen LogP contribution in [0.2, 0.25) is 0 Å². The van der Waals surface area contributed by atoms with Crippen molar-refractivity contribution in [3.63, 3.8) is 0 Å². The van der Waals surface area contributed by atoms with Crippen LogP contribution in [-0.2, 0) is 9.59 Å². The fraction of sp³-hybridized carbons (Fsp3) is 0.200. The molecule has 5 heteroatoms. The third-order valence-corrected chi connectivity index (χ3v) is 5.53. The first-order valence-electron chi connectivity index (χ1n) is 9.97. The van der Waals surface area contributed by atoms with E-state index in [-0.39, 0.29) is 23.9 Å². The largest absolute Gasteiger partial charge is 0.497 e. The monoisotopic (exact) mass is 400 g/mol. The van der Waals surface area contributed by atoms with Crippen LogP contribution in [0.1, 0.15) is 30.1 Å². The number of β-lactam (4-membered cyclic amide) rings is 1. The molecular weight excluding hydrogens is 376 g/mol.